The maximum absolute atomic E-state index is 3.50. The average molecular weight is 347 g/mol. The minimum absolute atomic E-state index is 0.0590. The molecular weight excluding hydrogens is 316 g/mol. The van der Waals surface area contributed by atoms with Crippen LogP contribution in [0.25, 0.3) is 0 Å². The van der Waals surface area contributed by atoms with Gasteiger partial charge >= 0.3 is 0 Å². The van der Waals surface area contributed by atoms with Crippen molar-refractivity contribution in [2.45, 2.75) is 33.9 Å². The van der Waals surface area contributed by atoms with Crippen LogP contribution in [0.1, 0.15) is 31.9 Å². The van der Waals surface area contributed by atoms with Crippen LogP contribution in [-0.2, 0) is 13.1 Å². The van der Waals surface area contributed by atoms with Crippen LogP contribution in [-0.4, -0.2) is 18.5 Å². The highest BCUT2D eigenvalue weighted by Crippen LogP contribution is 2.14. The Balaban J connectivity index is 1.83. The summed E-state index contributed by atoms with van der Waals surface area (Å²) in [5.41, 5.74) is 3.81. The number of hydrogen-bond acceptors (Lipinski definition) is 2. The molecule has 0 fully saturated rings. The number of allylic oxidation sites excluding steroid dienone is 1. The Labute approximate surface area is 158 Å². The van der Waals surface area contributed by atoms with Crippen molar-refractivity contribution in [3.8, 4) is 11.8 Å². The van der Waals surface area contributed by atoms with Crippen molar-refractivity contribution < 1.29 is 0 Å². The summed E-state index contributed by atoms with van der Waals surface area (Å²) in [5, 5.41) is 3.50. The smallest absolute Gasteiger partial charge is 0.0400 e. The van der Waals surface area contributed by atoms with Gasteiger partial charge in [0, 0.05) is 30.7 Å². The Kier molecular flexibility index (Phi) is 7.51. The SMILES string of the molecule is CN(C/C=C/C#CC(C)(C)C)Cc1cccc(NCc2ccccc2)c1. The van der Waals surface area contributed by atoms with Crippen molar-refractivity contribution >= 4 is 5.69 Å². The topological polar surface area (TPSA) is 15.3 Å². The van der Waals surface area contributed by atoms with E-state index in [-0.39, 0.29) is 5.41 Å². The summed E-state index contributed by atoms with van der Waals surface area (Å²) < 4.78 is 0. The second-order valence-corrected chi connectivity index (χ2v) is 7.66. The van der Waals surface area contributed by atoms with Gasteiger partial charge in [-0.2, -0.15) is 0 Å². The lowest BCUT2D eigenvalue weighted by Crippen LogP contribution is -2.17. The minimum atomic E-state index is 0.0590. The molecule has 2 aromatic carbocycles. The molecule has 0 aliphatic carbocycles. The van der Waals surface area contributed by atoms with Gasteiger partial charge in [-0.25, -0.2) is 0 Å². The third-order valence-corrected chi connectivity index (χ3v) is 3.78. The Bertz CT molecular complexity index is 758. The van der Waals surface area contributed by atoms with E-state index >= 15 is 0 Å². The molecule has 0 aliphatic heterocycles. The molecule has 0 saturated heterocycles. The summed E-state index contributed by atoms with van der Waals surface area (Å²) in [6.45, 7) is 9.02. The van der Waals surface area contributed by atoms with Gasteiger partial charge in [0.2, 0.25) is 0 Å². The molecule has 0 aliphatic rings. The van der Waals surface area contributed by atoms with E-state index in [0.717, 1.165) is 25.3 Å². The van der Waals surface area contributed by atoms with Gasteiger partial charge in [0.25, 0.3) is 0 Å². The van der Waals surface area contributed by atoms with Gasteiger partial charge in [0.1, 0.15) is 0 Å². The highest BCUT2D eigenvalue weighted by Gasteiger charge is 2.02. The molecule has 2 rings (SSSR count). The van der Waals surface area contributed by atoms with Crippen LogP contribution in [0.3, 0.4) is 0 Å². The molecule has 0 spiro atoms. The van der Waals surface area contributed by atoms with Crippen LogP contribution in [0, 0.1) is 17.3 Å². The highest BCUT2D eigenvalue weighted by molar-refractivity contribution is 5.46. The lowest BCUT2D eigenvalue weighted by atomic mass is 9.98. The zero-order chi connectivity index (χ0) is 18.8. The Morgan fingerprint density at radius 1 is 1.00 bits per heavy atom. The second kappa shape index (κ2) is 9.85. The minimum Gasteiger partial charge on any atom is -0.381 e. The molecular formula is C24H30N2. The van der Waals surface area contributed by atoms with E-state index in [2.05, 4.69) is 104 Å². The molecule has 0 aromatic heterocycles. The Morgan fingerprint density at radius 2 is 1.73 bits per heavy atom. The number of benzene rings is 2. The zero-order valence-corrected chi connectivity index (χ0v) is 16.4. The van der Waals surface area contributed by atoms with E-state index < -0.39 is 0 Å². The fraction of sp³-hybridized carbons (Fsp3) is 0.333. The van der Waals surface area contributed by atoms with E-state index in [1.54, 1.807) is 0 Å². The summed E-state index contributed by atoms with van der Waals surface area (Å²) in [5.74, 6) is 6.34. The van der Waals surface area contributed by atoms with Gasteiger partial charge in [-0.1, -0.05) is 60.4 Å². The number of likely N-dealkylation sites (N-methyl/N-ethyl adjacent to an activating group) is 1. The van der Waals surface area contributed by atoms with Crippen LogP contribution in [0.5, 0.6) is 0 Å². The van der Waals surface area contributed by atoms with E-state index in [0.29, 0.717) is 0 Å². The Hall–Kier alpha value is -2.50. The van der Waals surface area contributed by atoms with E-state index in [9.17, 15) is 0 Å². The molecule has 2 heteroatoms. The number of nitrogens with one attached hydrogen (secondary N) is 1. The summed E-state index contributed by atoms with van der Waals surface area (Å²) in [4.78, 5) is 2.28. The van der Waals surface area contributed by atoms with Gasteiger partial charge in [-0.15, -0.1) is 0 Å². The van der Waals surface area contributed by atoms with Crippen LogP contribution in [0.15, 0.2) is 66.7 Å². The number of anilines is 1. The van der Waals surface area contributed by atoms with Crippen molar-refractivity contribution in [2.24, 2.45) is 5.41 Å². The number of rotatable bonds is 7. The lowest BCUT2D eigenvalue weighted by molar-refractivity contribution is 0.363. The predicted octanol–water partition coefficient (Wildman–Crippen LogP) is 5.34. The van der Waals surface area contributed by atoms with Crippen molar-refractivity contribution in [1.29, 1.82) is 0 Å². The second-order valence-electron chi connectivity index (χ2n) is 7.66. The first-order valence-electron chi connectivity index (χ1n) is 9.15. The molecule has 2 aromatic rings. The fourth-order valence-corrected chi connectivity index (χ4v) is 2.51. The van der Waals surface area contributed by atoms with E-state index in [4.69, 9.17) is 0 Å². The largest absolute Gasteiger partial charge is 0.381 e. The standard InChI is InChI=1S/C24H30N2/c1-24(2,3)16-9-6-10-17-26(4)20-22-14-11-15-23(18-22)25-19-21-12-7-5-8-13-21/h5-8,10-15,18,25H,17,19-20H2,1-4H3/b10-6+. The van der Waals surface area contributed by atoms with Crippen LogP contribution in [0.2, 0.25) is 0 Å². The van der Waals surface area contributed by atoms with Crippen LogP contribution < -0.4 is 5.32 Å². The van der Waals surface area contributed by atoms with E-state index in [1.165, 1.54) is 11.1 Å². The molecule has 0 bridgehead atoms. The molecule has 1 N–H and O–H groups in total. The Morgan fingerprint density at radius 3 is 2.46 bits per heavy atom. The van der Waals surface area contributed by atoms with E-state index in [1.807, 2.05) is 12.1 Å². The molecule has 136 valence electrons. The molecule has 0 amide bonds. The zero-order valence-electron chi connectivity index (χ0n) is 16.4. The summed E-state index contributed by atoms with van der Waals surface area (Å²) in [6, 6.07) is 19.1. The molecule has 0 heterocycles. The highest BCUT2D eigenvalue weighted by atomic mass is 15.1. The van der Waals surface area contributed by atoms with Gasteiger partial charge < -0.3 is 5.32 Å². The lowest BCUT2D eigenvalue weighted by Gasteiger charge is -2.15. The fourth-order valence-electron chi connectivity index (χ4n) is 2.51. The third-order valence-electron chi connectivity index (χ3n) is 3.78. The van der Waals surface area contributed by atoms with Crippen molar-refractivity contribution in [2.75, 3.05) is 18.9 Å². The molecule has 0 radical (unpaired) electrons. The van der Waals surface area contributed by atoms with Crippen molar-refractivity contribution in [1.82, 2.24) is 4.90 Å². The number of hydrogen-bond donors (Lipinski definition) is 1. The van der Waals surface area contributed by atoms with Gasteiger partial charge in [0.05, 0.1) is 0 Å². The molecule has 2 nitrogen and oxygen atoms in total. The maximum atomic E-state index is 3.50. The first-order valence-corrected chi connectivity index (χ1v) is 9.15. The van der Waals surface area contributed by atoms with Gasteiger partial charge in [-0.3, -0.25) is 4.90 Å². The maximum Gasteiger partial charge on any atom is 0.0400 e. The quantitative estimate of drug-likeness (QED) is 0.681. The van der Waals surface area contributed by atoms with Crippen molar-refractivity contribution in [3.63, 3.8) is 0 Å². The number of nitrogens with zero attached hydrogens (tertiary/aromatic N) is 1. The first kappa shape index (κ1) is 19.8. The monoisotopic (exact) mass is 346 g/mol. The average Bonchev–Trinajstić information content (AvgIpc) is 2.60. The first-order chi connectivity index (χ1) is 12.4. The van der Waals surface area contributed by atoms with Crippen LogP contribution >= 0.6 is 0 Å². The molecule has 0 unspecified atom stereocenters. The summed E-state index contributed by atoms with van der Waals surface area (Å²) in [6.07, 6.45) is 4.08. The van der Waals surface area contributed by atoms with Crippen molar-refractivity contribution in [3.05, 3.63) is 77.9 Å². The molecule has 0 atom stereocenters. The predicted molar refractivity (Wildman–Crippen MR) is 113 cm³/mol. The van der Waals surface area contributed by atoms with Crippen LogP contribution in [0.4, 0.5) is 5.69 Å². The summed E-state index contributed by atoms with van der Waals surface area (Å²) in [7, 11) is 2.13. The third kappa shape index (κ3) is 8.05. The van der Waals surface area contributed by atoms with Gasteiger partial charge in [-0.05, 0) is 57.2 Å². The normalized spacial score (nSPS) is 11.4. The molecule has 26 heavy (non-hydrogen) atoms. The summed E-state index contributed by atoms with van der Waals surface area (Å²) >= 11 is 0. The molecule has 0 saturated carbocycles. The van der Waals surface area contributed by atoms with Gasteiger partial charge in [0.15, 0.2) is 0 Å².